The predicted octanol–water partition coefficient (Wildman–Crippen LogP) is 2.92. The number of nitrogens with zero attached hydrogens (tertiary/aromatic N) is 3. The molecular formula is C16H25N3OS. The van der Waals surface area contributed by atoms with Crippen molar-refractivity contribution in [3.8, 4) is 0 Å². The van der Waals surface area contributed by atoms with Crippen molar-refractivity contribution in [3.63, 3.8) is 0 Å². The van der Waals surface area contributed by atoms with Gasteiger partial charge in [0.1, 0.15) is 9.88 Å². The summed E-state index contributed by atoms with van der Waals surface area (Å²) in [4.78, 5) is 22.6. The Balaban J connectivity index is 1.66. The Labute approximate surface area is 131 Å². The molecule has 2 fully saturated rings. The SMILES string of the molecule is Cc1nc(CN2CCCC2)sc1C(=O)N1CCC(C)CC1. The zero-order chi connectivity index (χ0) is 14.8. The molecule has 0 atom stereocenters. The first-order valence-electron chi connectivity index (χ1n) is 8.11. The molecule has 1 aromatic rings. The van der Waals surface area contributed by atoms with Crippen LogP contribution < -0.4 is 0 Å². The van der Waals surface area contributed by atoms with Crippen LogP contribution in [0, 0.1) is 12.8 Å². The van der Waals surface area contributed by atoms with Crippen molar-refractivity contribution in [2.24, 2.45) is 5.92 Å². The summed E-state index contributed by atoms with van der Waals surface area (Å²) in [7, 11) is 0. The van der Waals surface area contributed by atoms with Gasteiger partial charge in [0.15, 0.2) is 0 Å². The lowest BCUT2D eigenvalue weighted by Gasteiger charge is -2.30. The van der Waals surface area contributed by atoms with Crippen LogP contribution in [0.15, 0.2) is 0 Å². The zero-order valence-corrected chi connectivity index (χ0v) is 13.9. The molecule has 0 spiro atoms. The molecule has 21 heavy (non-hydrogen) atoms. The van der Waals surface area contributed by atoms with E-state index in [1.165, 1.54) is 25.9 Å². The zero-order valence-electron chi connectivity index (χ0n) is 13.1. The number of aryl methyl sites for hydroxylation is 1. The number of piperidine rings is 1. The van der Waals surface area contributed by atoms with E-state index >= 15 is 0 Å². The molecule has 5 heteroatoms. The van der Waals surface area contributed by atoms with Crippen LogP contribution in [0.5, 0.6) is 0 Å². The van der Waals surface area contributed by atoms with Crippen molar-refractivity contribution >= 4 is 17.2 Å². The summed E-state index contributed by atoms with van der Waals surface area (Å²) < 4.78 is 0. The summed E-state index contributed by atoms with van der Waals surface area (Å²) in [5.74, 6) is 0.951. The van der Waals surface area contributed by atoms with Gasteiger partial charge < -0.3 is 4.90 Å². The van der Waals surface area contributed by atoms with E-state index in [-0.39, 0.29) is 5.91 Å². The molecule has 2 saturated heterocycles. The van der Waals surface area contributed by atoms with Gasteiger partial charge >= 0.3 is 0 Å². The Hall–Kier alpha value is -0.940. The molecule has 0 unspecified atom stereocenters. The first-order valence-corrected chi connectivity index (χ1v) is 8.93. The third-order valence-electron chi connectivity index (χ3n) is 4.66. The normalized spacial score (nSPS) is 21.1. The Morgan fingerprint density at radius 3 is 2.57 bits per heavy atom. The first kappa shape index (κ1) is 15.0. The molecule has 4 nitrogen and oxygen atoms in total. The molecule has 1 amide bonds. The number of carbonyl (C=O) groups excluding carboxylic acids is 1. The van der Waals surface area contributed by atoms with Crippen LogP contribution in [-0.2, 0) is 6.54 Å². The van der Waals surface area contributed by atoms with Crippen LogP contribution in [0.1, 0.15) is 53.0 Å². The maximum absolute atomic E-state index is 12.7. The number of carbonyl (C=O) groups is 1. The van der Waals surface area contributed by atoms with Crippen molar-refractivity contribution < 1.29 is 4.79 Å². The smallest absolute Gasteiger partial charge is 0.265 e. The molecule has 116 valence electrons. The molecule has 2 aliphatic heterocycles. The lowest BCUT2D eigenvalue weighted by molar-refractivity contribution is 0.0701. The Morgan fingerprint density at radius 1 is 1.24 bits per heavy atom. The molecule has 0 radical (unpaired) electrons. The number of amides is 1. The van der Waals surface area contributed by atoms with Gasteiger partial charge in [0.05, 0.1) is 12.2 Å². The van der Waals surface area contributed by atoms with Gasteiger partial charge in [0.2, 0.25) is 0 Å². The van der Waals surface area contributed by atoms with E-state index in [0.29, 0.717) is 0 Å². The lowest BCUT2D eigenvalue weighted by atomic mass is 9.99. The van der Waals surface area contributed by atoms with Crippen LogP contribution in [0.3, 0.4) is 0 Å². The van der Waals surface area contributed by atoms with Crippen molar-refractivity contribution in [1.82, 2.24) is 14.8 Å². The number of aromatic nitrogens is 1. The van der Waals surface area contributed by atoms with Gasteiger partial charge in [-0.05, 0) is 51.6 Å². The van der Waals surface area contributed by atoms with E-state index in [4.69, 9.17) is 0 Å². The fourth-order valence-corrected chi connectivity index (χ4v) is 4.28. The standard InChI is InChI=1S/C16H25N3OS/c1-12-5-9-19(10-6-12)16(20)15-13(2)17-14(21-15)11-18-7-3-4-8-18/h12H,3-11H2,1-2H3. The minimum atomic E-state index is 0.199. The summed E-state index contributed by atoms with van der Waals surface area (Å²) >= 11 is 1.60. The average Bonchev–Trinajstić information content (AvgIpc) is 3.09. The highest BCUT2D eigenvalue weighted by Gasteiger charge is 2.25. The molecule has 3 rings (SSSR count). The second kappa shape index (κ2) is 6.44. The second-order valence-corrected chi connectivity index (χ2v) is 7.56. The summed E-state index contributed by atoms with van der Waals surface area (Å²) in [5.41, 5.74) is 0.915. The fourth-order valence-electron chi connectivity index (χ4n) is 3.21. The van der Waals surface area contributed by atoms with Crippen molar-refractivity contribution in [2.75, 3.05) is 26.2 Å². The average molecular weight is 307 g/mol. The number of likely N-dealkylation sites (tertiary alicyclic amines) is 2. The van der Waals surface area contributed by atoms with Crippen LogP contribution in [-0.4, -0.2) is 46.9 Å². The molecule has 0 bridgehead atoms. The van der Waals surface area contributed by atoms with Gasteiger partial charge in [0, 0.05) is 13.1 Å². The lowest BCUT2D eigenvalue weighted by Crippen LogP contribution is -2.37. The summed E-state index contributed by atoms with van der Waals surface area (Å²) in [5, 5.41) is 1.10. The Morgan fingerprint density at radius 2 is 1.90 bits per heavy atom. The van der Waals surface area contributed by atoms with E-state index in [9.17, 15) is 4.79 Å². The predicted molar refractivity (Wildman–Crippen MR) is 85.7 cm³/mol. The number of rotatable bonds is 3. The molecule has 1 aromatic heterocycles. The van der Waals surface area contributed by atoms with Crippen LogP contribution in [0.25, 0.3) is 0 Å². The van der Waals surface area contributed by atoms with Crippen LogP contribution in [0.2, 0.25) is 0 Å². The third-order valence-corrected chi connectivity index (χ3v) is 5.79. The molecule has 3 heterocycles. The molecule has 0 saturated carbocycles. The van der Waals surface area contributed by atoms with Crippen molar-refractivity contribution in [1.29, 1.82) is 0 Å². The van der Waals surface area contributed by atoms with Gasteiger partial charge in [-0.25, -0.2) is 4.98 Å². The first-order chi connectivity index (χ1) is 10.1. The highest BCUT2D eigenvalue weighted by atomic mass is 32.1. The summed E-state index contributed by atoms with van der Waals surface area (Å²) in [6.45, 7) is 9.31. The molecule has 2 aliphatic rings. The van der Waals surface area contributed by atoms with Crippen LogP contribution in [0.4, 0.5) is 0 Å². The molecular weight excluding hydrogens is 282 g/mol. The minimum Gasteiger partial charge on any atom is -0.338 e. The topological polar surface area (TPSA) is 36.4 Å². The maximum atomic E-state index is 12.7. The third kappa shape index (κ3) is 3.46. The number of thiazole rings is 1. The maximum Gasteiger partial charge on any atom is 0.265 e. The summed E-state index contributed by atoms with van der Waals surface area (Å²) in [6, 6.07) is 0. The number of hydrogen-bond acceptors (Lipinski definition) is 4. The molecule has 0 aromatic carbocycles. The second-order valence-electron chi connectivity index (χ2n) is 6.48. The fraction of sp³-hybridized carbons (Fsp3) is 0.750. The van der Waals surface area contributed by atoms with Gasteiger partial charge in [-0.2, -0.15) is 0 Å². The van der Waals surface area contributed by atoms with E-state index in [0.717, 1.165) is 54.0 Å². The minimum absolute atomic E-state index is 0.199. The van der Waals surface area contributed by atoms with Gasteiger partial charge in [-0.15, -0.1) is 11.3 Å². The monoisotopic (exact) mass is 307 g/mol. The van der Waals surface area contributed by atoms with Gasteiger partial charge in [-0.3, -0.25) is 9.69 Å². The number of hydrogen-bond donors (Lipinski definition) is 0. The van der Waals surface area contributed by atoms with Gasteiger partial charge in [0.25, 0.3) is 5.91 Å². The van der Waals surface area contributed by atoms with E-state index in [1.807, 2.05) is 11.8 Å². The largest absolute Gasteiger partial charge is 0.338 e. The summed E-state index contributed by atoms with van der Waals surface area (Å²) in [6.07, 6.45) is 4.85. The highest BCUT2D eigenvalue weighted by molar-refractivity contribution is 7.13. The van der Waals surface area contributed by atoms with Crippen LogP contribution >= 0.6 is 11.3 Å². The van der Waals surface area contributed by atoms with Gasteiger partial charge in [-0.1, -0.05) is 6.92 Å². The van der Waals surface area contributed by atoms with E-state index in [1.54, 1.807) is 11.3 Å². The Kier molecular flexibility index (Phi) is 4.60. The van der Waals surface area contributed by atoms with Crippen molar-refractivity contribution in [2.45, 2.75) is 46.1 Å². The quantitative estimate of drug-likeness (QED) is 0.861. The Bertz CT molecular complexity index is 500. The molecule has 0 N–H and O–H groups in total. The highest BCUT2D eigenvalue weighted by Crippen LogP contribution is 2.25. The van der Waals surface area contributed by atoms with E-state index < -0.39 is 0 Å². The van der Waals surface area contributed by atoms with Crippen molar-refractivity contribution in [3.05, 3.63) is 15.6 Å². The molecule has 0 aliphatic carbocycles. The van der Waals surface area contributed by atoms with E-state index in [2.05, 4.69) is 16.8 Å².